The summed E-state index contributed by atoms with van der Waals surface area (Å²) in [5, 5.41) is 3.12. The van der Waals surface area contributed by atoms with Crippen molar-refractivity contribution >= 4 is 11.8 Å². The van der Waals surface area contributed by atoms with Crippen LogP contribution in [0.5, 0.6) is 0 Å². The molecule has 0 aromatic rings. The van der Waals surface area contributed by atoms with Crippen LogP contribution in [0.2, 0.25) is 0 Å². The van der Waals surface area contributed by atoms with Crippen LogP contribution in [-0.4, -0.2) is 50.1 Å². The van der Waals surface area contributed by atoms with Gasteiger partial charge in [-0.15, -0.1) is 0 Å². The second-order valence-electron chi connectivity index (χ2n) is 5.20. The van der Waals surface area contributed by atoms with Gasteiger partial charge in [-0.05, 0) is 5.41 Å². The highest BCUT2D eigenvalue weighted by Gasteiger charge is 2.36. The van der Waals surface area contributed by atoms with Gasteiger partial charge in [-0.25, -0.2) is 0 Å². The lowest BCUT2D eigenvalue weighted by molar-refractivity contribution is -0.152. The molecule has 0 bridgehead atoms. The molecule has 1 N–H and O–H groups in total. The van der Waals surface area contributed by atoms with E-state index in [0.717, 1.165) is 6.54 Å². The fraction of sp³-hybridized carbons (Fsp3) is 0.833. The third-order valence-corrected chi connectivity index (χ3v) is 2.86. The minimum absolute atomic E-state index is 0.0557. The summed E-state index contributed by atoms with van der Waals surface area (Å²) in [4.78, 5) is 25.0. The molecule has 0 saturated carbocycles. The Labute approximate surface area is 102 Å². The van der Waals surface area contributed by atoms with Gasteiger partial charge < -0.3 is 10.1 Å². The predicted octanol–water partition coefficient (Wildman–Crippen LogP) is 0.398. The quantitative estimate of drug-likeness (QED) is 0.541. The van der Waals surface area contributed by atoms with E-state index < -0.39 is 0 Å². The average molecular weight is 242 g/mol. The number of piperidine rings is 1. The number of nitrogens with one attached hydrogen (secondary N) is 1. The Hall–Kier alpha value is -0.940. The van der Waals surface area contributed by atoms with Gasteiger partial charge in [-0.2, -0.15) is 0 Å². The highest BCUT2D eigenvalue weighted by atomic mass is 16.5. The molecule has 0 aromatic heterocycles. The normalized spacial score (nSPS) is 19.8. The van der Waals surface area contributed by atoms with E-state index in [1.54, 1.807) is 7.11 Å². The zero-order chi connectivity index (χ0) is 12.9. The second kappa shape index (κ2) is 6.12. The fourth-order valence-electron chi connectivity index (χ4n) is 1.95. The van der Waals surface area contributed by atoms with Gasteiger partial charge in [0.25, 0.3) is 0 Å². The number of hydrogen-bond donors (Lipinski definition) is 1. The Morgan fingerprint density at radius 3 is 2.35 bits per heavy atom. The molecule has 1 aliphatic heterocycles. The molecular weight excluding hydrogens is 220 g/mol. The molecule has 0 spiro atoms. The summed E-state index contributed by atoms with van der Waals surface area (Å²) >= 11 is 0. The van der Waals surface area contributed by atoms with Gasteiger partial charge in [0.15, 0.2) is 0 Å². The van der Waals surface area contributed by atoms with Gasteiger partial charge in [0, 0.05) is 39.6 Å². The van der Waals surface area contributed by atoms with Crippen LogP contribution in [0.1, 0.15) is 26.7 Å². The minimum Gasteiger partial charge on any atom is -0.383 e. The molecule has 1 aliphatic rings. The summed E-state index contributed by atoms with van der Waals surface area (Å²) in [5.74, 6) is -0.111. The van der Waals surface area contributed by atoms with Gasteiger partial charge in [0.05, 0.1) is 6.61 Å². The monoisotopic (exact) mass is 242 g/mol. The largest absolute Gasteiger partial charge is 0.383 e. The summed E-state index contributed by atoms with van der Waals surface area (Å²) < 4.78 is 4.89. The van der Waals surface area contributed by atoms with Crippen molar-refractivity contribution in [2.24, 2.45) is 5.41 Å². The number of hydrogen-bond acceptors (Lipinski definition) is 4. The Morgan fingerprint density at radius 1 is 1.24 bits per heavy atom. The number of carbonyl (C=O) groups is 2. The summed E-state index contributed by atoms with van der Waals surface area (Å²) in [5.41, 5.74) is -0.186. The van der Waals surface area contributed by atoms with Crippen molar-refractivity contribution in [3.05, 3.63) is 0 Å². The first-order chi connectivity index (χ1) is 7.96. The molecule has 0 atom stereocenters. The average Bonchev–Trinajstić information content (AvgIpc) is 2.19. The Bertz CT molecular complexity index is 269. The standard InChI is InChI=1S/C12H22N2O3/c1-12(2)8-10(15)14(11(16)9-12)6-4-13-5-7-17-3/h13H,4-9H2,1-3H3. The van der Waals surface area contributed by atoms with Crippen molar-refractivity contribution < 1.29 is 14.3 Å². The number of nitrogens with zero attached hydrogens (tertiary/aromatic N) is 1. The van der Waals surface area contributed by atoms with Crippen LogP contribution < -0.4 is 5.32 Å². The summed E-state index contributed by atoms with van der Waals surface area (Å²) in [7, 11) is 1.64. The van der Waals surface area contributed by atoms with Crippen molar-refractivity contribution in [2.45, 2.75) is 26.7 Å². The van der Waals surface area contributed by atoms with Crippen molar-refractivity contribution in [1.29, 1.82) is 0 Å². The number of rotatable bonds is 6. The van der Waals surface area contributed by atoms with Crippen LogP contribution in [0.25, 0.3) is 0 Å². The van der Waals surface area contributed by atoms with Crippen LogP contribution in [0.15, 0.2) is 0 Å². The van der Waals surface area contributed by atoms with Gasteiger partial charge in [0.2, 0.25) is 11.8 Å². The molecule has 0 aromatic carbocycles. The van der Waals surface area contributed by atoms with Gasteiger partial charge >= 0.3 is 0 Å². The molecule has 98 valence electrons. The van der Waals surface area contributed by atoms with Crippen LogP contribution in [0, 0.1) is 5.41 Å². The SMILES string of the molecule is COCCNCCN1C(=O)CC(C)(C)CC1=O. The van der Waals surface area contributed by atoms with Crippen LogP contribution >= 0.6 is 0 Å². The van der Waals surface area contributed by atoms with Crippen LogP contribution in [0.4, 0.5) is 0 Å². The van der Waals surface area contributed by atoms with Crippen LogP contribution in [0.3, 0.4) is 0 Å². The van der Waals surface area contributed by atoms with Gasteiger partial charge in [-0.1, -0.05) is 13.8 Å². The van der Waals surface area contributed by atoms with Crippen LogP contribution in [-0.2, 0) is 14.3 Å². The third kappa shape index (κ3) is 4.44. The van der Waals surface area contributed by atoms with E-state index in [1.807, 2.05) is 13.8 Å². The van der Waals surface area contributed by atoms with Crippen molar-refractivity contribution in [2.75, 3.05) is 33.4 Å². The van der Waals surface area contributed by atoms with Gasteiger partial charge in [0.1, 0.15) is 0 Å². The molecular formula is C12H22N2O3. The first-order valence-electron chi connectivity index (χ1n) is 5.99. The Balaban J connectivity index is 2.33. The number of likely N-dealkylation sites (tertiary alicyclic amines) is 1. The predicted molar refractivity (Wildman–Crippen MR) is 64.5 cm³/mol. The first kappa shape index (κ1) is 14.1. The van der Waals surface area contributed by atoms with Crippen molar-refractivity contribution in [3.8, 4) is 0 Å². The number of imide groups is 1. The number of ether oxygens (including phenoxy) is 1. The first-order valence-corrected chi connectivity index (χ1v) is 5.99. The molecule has 5 heteroatoms. The third-order valence-electron chi connectivity index (χ3n) is 2.86. The van der Waals surface area contributed by atoms with E-state index in [4.69, 9.17) is 4.74 Å². The maximum absolute atomic E-state index is 11.8. The van der Waals surface area contributed by atoms with E-state index in [1.165, 1.54) is 4.90 Å². The summed E-state index contributed by atoms with van der Waals surface area (Å²) in [6.45, 7) is 6.36. The van der Waals surface area contributed by atoms with E-state index >= 15 is 0 Å². The number of carbonyl (C=O) groups excluding carboxylic acids is 2. The topological polar surface area (TPSA) is 58.6 Å². The van der Waals surface area contributed by atoms with E-state index in [0.29, 0.717) is 32.5 Å². The van der Waals surface area contributed by atoms with Gasteiger partial charge in [-0.3, -0.25) is 14.5 Å². The highest BCUT2D eigenvalue weighted by Crippen LogP contribution is 2.31. The van der Waals surface area contributed by atoms with Crippen molar-refractivity contribution in [3.63, 3.8) is 0 Å². The molecule has 0 aliphatic carbocycles. The Morgan fingerprint density at radius 2 is 1.82 bits per heavy atom. The zero-order valence-electron chi connectivity index (χ0n) is 10.9. The second-order valence-corrected chi connectivity index (χ2v) is 5.20. The van der Waals surface area contributed by atoms with Crippen molar-refractivity contribution in [1.82, 2.24) is 10.2 Å². The lowest BCUT2D eigenvalue weighted by Crippen LogP contribution is -2.48. The smallest absolute Gasteiger partial charge is 0.229 e. The molecule has 5 nitrogen and oxygen atoms in total. The minimum atomic E-state index is -0.186. The van der Waals surface area contributed by atoms with E-state index in [9.17, 15) is 9.59 Å². The summed E-state index contributed by atoms with van der Waals surface area (Å²) in [6, 6.07) is 0. The molecule has 0 radical (unpaired) electrons. The molecule has 1 saturated heterocycles. The number of amides is 2. The maximum Gasteiger partial charge on any atom is 0.229 e. The lowest BCUT2D eigenvalue weighted by atomic mass is 9.82. The van der Waals surface area contributed by atoms with E-state index in [2.05, 4.69) is 5.32 Å². The highest BCUT2D eigenvalue weighted by molar-refractivity contribution is 5.98. The Kier molecular flexibility index (Phi) is 5.08. The number of methoxy groups -OCH3 is 1. The molecule has 1 fully saturated rings. The molecule has 2 amide bonds. The molecule has 17 heavy (non-hydrogen) atoms. The molecule has 1 rings (SSSR count). The lowest BCUT2D eigenvalue weighted by Gasteiger charge is -2.34. The zero-order valence-corrected chi connectivity index (χ0v) is 10.9. The summed E-state index contributed by atoms with van der Waals surface area (Å²) in [6.07, 6.45) is 0.910. The molecule has 0 unspecified atom stereocenters. The fourth-order valence-corrected chi connectivity index (χ4v) is 1.95. The molecule has 1 heterocycles. The van der Waals surface area contributed by atoms with E-state index in [-0.39, 0.29) is 17.2 Å². The maximum atomic E-state index is 11.8.